The summed E-state index contributed by atoms with van der Waals surface area (Å²) in [6.07, 6.45) is 0.938. The molecular weight excluding hydrogens is 270 g/mol. The number of ether oxygens (including phenoxy) is 1. The highest BCUT2D eigenvalue weighted by Gasteiger charge is 2.14. The smallest absolute Gasteiger partial charge is 0.246 e. The molecule has 0 atom stereocenters. The van der Waals surface area contributed by atoms with Gasteiger partial charge in [0, 0.05) is 0 Å². The van der Waals surface area contributed by atoms with Crippen molar-refractivity contribution in [1.82, 2.24) is 19.7 Å². The number of aryl methyl sites for hydroxylation is 1. The molecule has 3 aromatic rings. The van der Waals surface area contributed by atoms with E-state index in [-0.39, 0.29) is 0 Å². The molecule has 0 unspecified atom stereocenters. The molecule has 110 valence electrons. The highest BCUT2D eigenvalue weighted by Crippen LogP contribution is 2.27. The molecular formula is C14H17N5O2. The minimum absolute atomic E-state index is 0.389. The van der Waals surface area contributed by atoms with Gasteiger partial charge in [0.25, 0.3) is 0 Å². The number of hydrogen-bond donors (Lipinski definition) is 1. The second-order valence-corrected chi connectivity index (χ2v) is 4.76. The van der Waals surface area contributed by atoms with Gasteiger partial charge in [-0.2, -0.15) is 4.98 Å². The van der Waals surface area contributed by atoms with Gasteiger partial charge in [0.2, 0.25) is 11.8 Å². The zero-order chi connectivity index (χ0) is 14.8. The number of fused-ring (bicyclic) bond motifs is 1. The Morgan fingerprint density at radius 3 is 2.90 bits per heavy atom. The second kappa shape index (κ2) is 5.43. The van der Waals surface area contributed by atoms with Crippen molar-refractivity contribution < 1.29 is 9.26 Å². The molecule has 7 heteroatoms. The van der Waals surface area contributed by atoms with Crippen LogP contribution >= 0.6 is 0 Å². The Bertz CT molecular complexity index is 762. The number of anilines is 1. The Morgan fingerprint density at radius 1 is 1.33 bits per heavy atom. The minimum Gasteiger partial charge on any atom is -0.491 e. The lowest BCUT2D eigenvalue weighted by molar-refractivity contribution is 0.320. The first-order chi connectivity index (χ1) is 10.2. The molecule has 0 spiro atoms. The van der Waals surface area contributed by atoms with Crippen LogP contribution in [0.5, 0.6) is 5.75 Å². The summed E-state index contributed by atoms with van der Waals surface area (Å²) in [4.78, 5) is 8.59. The highest BCUT2D eigenvalue weighted by molar-refractivity contribution is 5.84. The van der Waals surface area contributed by atoms with Crippen LogP contribution in [0.3, 0.4) is 0 Å². The van der Waals surface area contributed by atoms with Crippen molar-refractivity contribution in [2.24, 2.45) is 0 Å². The monoisotopic (exact) mass is 287 g/mol. The topological polar surface area (TPSA) is 92.0 Å². The first kappa shape index (κ1) is 13.4. The van der Waals surface area contributed by atoms with Crippen LogP contribution in [-0.2, 0) is 6.54 Å². The molecule has 2 aromatic heterocycles. The van der Waals surface area contributed by atoms with Crippen molar-refractivity contribution >= 4 is 17.0 Å². The van der Waals surface area contributed by atoms with Gasteiger partial charge in [-0.3, -0.25) is 0 Å². The summed E-state index contributed by atoms with van der Waals surface area (Å²) < 4.78 is 12.7. The van der Waals surface area contributed by atoms with Gasteiger partial charge in [-0.05, 0) is 25.5 Å². The number of nitrogen functional groups attached to an aromatic ring is 1. The van der Waals surface area contributed by atoms with Crippen molar-refractivity contribution in [3.63, 3.8) is 0 Å². The van der Waals surface area contributed by atoms with Crippen LogP contribution < -0.4 is 10.5 Å². The normalized spacial score (nSPS) is 11.1. The second-order valence-electron chi connectivity index (χ2n) is 4.76. The number of imidazole rings is 1. The summed E-state index contributed by atoms with van der Waals surface area (Å²) in [6, 6.07) is 5.76. The average Bonchev–Trinajstić information content (AvgIpc) is 3.02. The standard InChI is InChI=1S/C14H17N5O2/c1-3-7-20-11-6-4-5-10-13(11)17-14(15)19(10)8-12-16-9(2)18-21-12/h4-6H,3,7-8H2,1-2H3,(H2,15,17). The molecule has 0 fully saturated rings. The van der Waals surface area contributed by atoms with Crippen LogP contribution in [0.1, 0.15) is 25.1 Å². The molecule has 0 bridgehead atoms. The fraction of sp³-hybridized carbons (Fsp3) is 0.357. The molecule has 21 heavy (non-hydrogen) atoms. The molecule has 7 nitrogen and oxygen atoms in total. The fourth-order valence-electron chi connectivity index (χ4n) is 2.17. The van der Waals surface area contributed by atoms with E-state index in [0.29, 0.717) is 30.8 Å². The Morgan fingerprint density at radius 2 is 2.19 bits per heavy atom. The number of rotatable bonds is 5. The van der Waals surface area contributed by atoms with E-state index in [9.17, 15) is 0 Å². The summed E-state index contributed by atoms with van der Waals surface area (Å²) in [5.74, 6) is 2.23. The van der Waals surface area contributed by atoms with Crippen molar-refractivity contribution in [1.29, 1.82) is 0 Å². The Kier molecular flexibility index (Phi) is 3.47. The van der Waals surface area contributed by atoms with Crippen molar-refractivity contribution in [3.05, 3.63) is 29.9 Å². The molecule has 2 heterocycles. The lowest BCUT2D eigenvalue weighted by Gasteiger charge is -2.05. The fourth-order valence-corrected chi connectivity index (χ4v) is 2.17. The van der Waals surface area contributed by atoms with Gasteiger partial charge < -0.3 is 19.6 Å². The Balaban J connectivity index is 2.00. The van der Waals surface area contributed by atoms with E-state index in [4.69, 9.17) is 15.0 Å². The third-order valence-electron chi connectivity index (χ3n) is 3.10. The maximum absolute atomic E-state index is 6.01. The lowest BCUT2D eigenvalue weighted by Crippen LogP contribution is -2.04. The van der Waals surface area contributed by atoms with E-state index in [1.165, 1.54) is 0 Å². The third-order valence-corrected chi connectivity index (χ3v) is 3.10. The van der Waals surface area contributed by atoms with Crippen LogP contribution in [-0.4, -0.2) is 26.3 Å². The zero-order valence-electron chi connectivity index (χ0n) is 12.0. The maximum Gasteiger partial charge on any atom is 0.246 e. The molecule has 3 rings (SSSR count). The first-order valence-electron chi connectivity index (χ1n) is 6.85. The van der Waals surface area contributed by atoms with Gasteiger partial charge in [0.1, 0.15) is 17.8 Å². The Hall–Kier alpha value is -2.57. The molecule has 2 N–H and O–H groups in total. The summed E-state index contributed by atoms with van der Waals surface area (Å²) in [7, 11) is 0. The van der Waals surface area contributed by atoms with E-state index in [0.717, 1.165) is 23.2 Å². The largest absolute Gasteiger partial charge is 0.491 e. The number of benzene rings is 1. The zero-order valence-corrected chi connectivity index (χ0v) is 12.0. The average molecular weight is 287 g/mol. The van der Waals surface area contributed by atoms with Crippen molar-refractivity contribution in [3.8, 4) is 5.75 Å². The summed E-state index contributed by atoms with van der Waals surface area (Å²) in [5.41, 5.74) is 7.65. The molecule has 0 saturated heterocycles. The molecule has 0 amide bonds. The molecule has 0 aliphatic carbocycles. The number of nitrogens with two attached hydrogens (primary N) is 1. The Labute approximate surface area is 121 Å². The maximum atomic E-state index is 6.01. The molecule has 0 aliphatic rings. The molecule has 0 radical (unpaired) electrons. The molecule has 1 aromatic carbocycles. The SMILES string of the molecule is CCCOc1cccc2c1nc(N)n2Cc1nc(C)no1. The predicted molar refractivity (Wildman–Crippen MR) is 78.1 cm³/mol. The number of para-hydroxylation sites is 1. The minimum atomic E-state index is 0.389. The quantitative estimate of drug-likeness (QED) is 0.773. The van der Waals surface area contributed by atoms with Gasteiger partial charge in [-0.1, -0.05) is 18.1 Å². The van der Waals surface area contributed by atoms with Gasteiger partial charge in [-0.15, -0.1) is 0 Å². The van der Waals surface area contributed by atoms with Gasteiger partial charge in [-0.25, -0.2) is 4.98 Å². The van der Waals surface area contributed by atoms with Crippen LogP contribution in [0, 0.1) is 6.92 Å². The van der Waals surface area contributed by atoms with Gasteiger partial charge >= 0.3 is 0 Å². The number of hydrogen-bond acceptors (Lipinski definition) is 6. The van der Waals surface area contributed by atoms with Gasteiger partial charge in [0.15, 0.2) is 5.82 Å². The predicted octanol–water partition coefficient (Wildman–Crippen LogP) is 2.15. The van der Waals surface area contributed by atoms with E-state index in [1.54, 1.807) is 6.92 Å². The van der Waals surface area contributed by atoms with Crippen LogP contribution in [0.2, 0.25) is 0 Å². The summed E-state index contributed by atoms with van der Waals surface area (Å²) >= 11 is 0. The lowest BCUT2D eigenvalue weighted by atomic mass is 10.3. The van der Waals surface area contributed by atoms with Gasteiger partial charge in [0.05, 0.1) is 12.1 Å². The summed E-state index contributed by atoms with van der Waals surface area (Å²) in [5, 5.41) is 3.78. The molecule has 0 saturated carbocycles. The van der Waals surface area contributed by atoms with E-state index in [2.05, 4.69) is 22.0 Å². The van der Waals surface area contributed by atoms with Crippen LogP contribution in [0.25, 0.3) is 11.0 Å². The summed E-state index contributed by atoms with van der Waals surface area (Å²) in [6.45, 7) is 4.87. The highest BCUT2D eigenvalue weighted by atomic mass is 16.5. The first-order valence-corrected chi connectivity index (χ1v) is 6.85. The van der Waals surface area contributed by atoms with Crippen molar-refractivity contribution in [2.45, 2.75) is 26.8 Å². The van der Waals surface area contributed by atoms with E-state index < -0.39 is 0 Å². The van der Waals surface area contributed by atoms with Crippen LogP contribution in [0.15, 0.2) is 22.7 Å². The van der Waals surface area contributed by atoms with Crippen LogP contribution in [0.4, 0.5) is 5.95 Å². The number of nitrogens with zero attached hydrogens (tertiary/aromatic N) is 4. The third kappa shape index (κ3) is 2.54. The van der Waals surface area contributed by atoms with Crippen molar-refractivity contribution in [2.75, 3.05) is 12.3 Å². The number of aromatic nitrogens is 4. The van der Waals surface area contributed by atoms with E-state index >= 15 is 0 Å². The molecule has 0 aliphatic heterocycles. The van der Waals surface area contributed by atoms with E-state index in [1.807, 2.05) is 22.8 Å².